The lowest BCUT2D eigenvalue weighted by Gasteiger charge is -2.08. The van der Waals surface area contributed by atoms with Gasteiger partial charge in [-0.3, -0.25) is 0 Å². The lowest BCUT2D eigenvalue weighted by molar-refractivity contribution is 1.02. The van der Waals surface area contributed by atoms with Crippen LogP contribution < -0.4 is 5.32 Å². The Morgan fingerprint density at radius 2 is 1.82 bits per heavy atom. The third kappa shape index (κ3) is 3.76. The van der Waals surface area contributed by atoms with Crippen molar-refractivity contribution in [2.24, 2.45) is 0 Å². The molecule has 2 rings (SSSR count). The van der Waals surface area contributed by atoms with Crippen molar-refractivity contribution in [3.63, 3.8) is 0 Å². The van der Waals surface area contributed by atoms with Gasteiger partial charge in [0.25, 0.3) is 0 Å². The van der Waals surface area contributed by atoms with E-state index in [-0.39, 0.29) is 0 Å². The van der Waals surface area contributed by atoms with Crippen LogP contribution in [0.1, 0.15) is 5.56 Å². The van der Waals surface area contributed by atoms with Crippen molar-refractivity contribution in [3.8, 4) is 0 Å². The molecule has 1 nitrogen and oxygen atoms in total. The van der Waals surface area contributed by atoms with Crippen molar-refractivity contribution < 1.29 is 0 Å². The van der Waals surface area contributed by atoms with Gasteiger partial charge in [-0.25, -0.2) is 0 Å². The van der Waals surface area contributed by atoms with Gasteiger partial charge in [0.1, 0.15) is 0 Å². The summed E-state index contributed by atoms with van der Waals surface area (Å²) < 4.78 is 1.03. The minimum Gasteiger partial charge on any atom is -0.383 e. The summed E-state index contributed by atoms with van der Waals surface area (Å²) in [6.07, 6.45) is 0.990. The number of halogens is 2. The van der Waals surface area contributed by atoms with Gasteiger partial charge in [-0.2, -0.15) is 0 Å². The first-order chi connectivity index (χ1) is 8.25. The Balaban J connectivity index is 1.92. The number of nitrogens with one attached hydrogen (secondary N) is 1. The van der Waals surface area contributed by atoms with E-state index in [0.717, 1.165) is 28.1 Å². The molecule has 0 radical (unpaired) electrons. The van der Waals surface area contributed by atoms with Crippen LogP contribution in [0, 0.1) is 0 Å². The zero-order valence-corrected chi connectivity index (χ0v) is 11.6. The maximum Gasteiger partial charge on any atom is 0.0638 e. The van der Waals surface area contributed by atoms with Crippen LogP contribution in [0.5, 0.6) is 0 Å². The van der Waals surface area contributed by atoms with Crippen molar-refractivity contribution in [1.29, 1.82) is 0 Å². The third-order valence-corrected chi connectivity index (χ3v) is 3.32. The second kappa shape index (κ2) is 6.08. The van der Waals surface area contributed by atoms with Crippen LogP contribution in [-0.4, -0.2) is 6.54 Å². The average Bonchev–Trinajstić information content (AvgIpc) is 2.35. The molecule has 0 fully saturated rings. The van der Waals surface area contributed by atoms with Gasteiger partial charge in [0.15, 0.2) is 0 Å². The molecule has 17 heavy (non-hydrogen) atoms. The predicted molar refractivity (Wildman–Crippen MR) is 77.8 cm³/mol. The zero-order valence-electron chi connectivity index (χ0n) is 9.29. The van der Waals surface area contributed by atoms with Gasteiger partial charge in [-0.1, -0.05) is 57.9 Å². The predicted octanol–water partition coefficient (Wildman–Crippen LogP) is 4.76. The Labute approximate surface area is 115 Å². The van der Waals surface area contributed by atoms with Gasteiger partial charge in [0, 0.05) is 11.0 Å². The highest BCUT2D eigenvalue weighted by Gasteiger charge is 2.00. The summed E-state index contributed by atoms with van der Waals surface area (Å²) in [5.41, 5.74) is 2.29. The van der Waals surface area contributed by atoms with Crippen molar-refractivity contribution in [2.75, 3.05) is 11.9 Å². The van der Waals surface area contributed by atoms with E-state index in [1.165, 1.54) is 5.56 Å². The normalized spacial score (nSPS) is 10.2. The Kier molecular flexibility index (Phi) is 4.46. The molecule has 2 aromatic rings. The number of rotatable bonds is 4. The summed E-state index contributed by atoms with van der Waals surface area (Å²) >= 11 is 9.53. The van der Waals surface area contributed by atoms with E-state index in [1.54, 1.807) is 0 Å². The molecule has 0 spiro atoms. The number of hydrogen-bond donors (Lipinski definition) is 1. The molecule has 0 aliphatic heterocycles. The quantitative estimate of drug-likeness (QED) is 0.858. The summed E-state index contributed by atoms with van der Waals surface area (Å²) in [7, 11) is 0. The fourth-order valence-electron chi connectivity index (χ4n) is 1.62. The van der Waals surface area contributed by atoms with E-state index >= 15 is 0 Å². The summed E-state index contributed by atoms with van der Waals surface area (Å²) in [5, 5.41) is 4.09. The van der Waals surface area contributed by atoms with E-state index in [2.05, 4.69) is 45.5 Å². The monoisotopic (exact) mass is 309 g/mol. The average molecular weight is 311 g/mol. The van der Waals surface area contributed by atoms with E-state index < -0.39 is 0 Å². The second-order valence-electron chi connectivity index (χ2n) is 3.79. The number of hydrogen-bond acceptors (Lipinski definition) is 1. The fourth-order valence-corrected chi connectivity index (χ4v) is 2.16. The van der Waals surface area contributed by atoms with Crippen molar-refractivity contribution in [1.82, 2.24) is 0 Å². The van der Waals surface area contributed by atoms with Crippen LogP contribution in [0.25, 0.3) is 0 Å². The molecule has 0 aliphatic rings. The van der Waals surface area contributed by atoms with E-state index in [0.29, 0.717) is 0 Å². The topological polar surface area (TPSA) is 12.0 Å². The lowest BCUT2D eigenvalue weighted by atomic mass is 10.1. The van der Waals surface area contributed by atoms with Gasteiger partial charge in [0.05, 0.1) is 10.7 Å². The SMILES string of the molecule is Clc1ccc(Br)cc1NCCc1ccccc1. The minimum atomic E-state index is 0.751. The summed E-state index contributed by atoms with van der Waals surface area (Å²) in [4.78, 5) is 0. The molecule has 0 heterocycles. The largest absolute Gasteiger partial charge is 0.383 e. The van der Waals surface area contributed by atoms with Gasteiger partial charge in [-0.15, -0.1) is 0 Å². The molecule has 0 aromatic heterocycles. The molecule has 0 atom stereocenters. The van der Waals surface area contributed by atoms with Gasteiger partial charge in [-0.05, 0) is 30.2 Å². The van der Waals surface area contributed by atoms with E-state index in [9.17, 15) is 0 Å². The molecule has 0 amide bonds. The highest BCUT2D eigenvalue weighted by Crippen LogP contribution is 2.25. The zero-order chi connectivity index (χ0) is 12.1. The van der Waals surface area contributed by atoms with Crippen molar-refractivity contribution >= 4 is 33.2 Å². The highest BCUT2D eigenvalue weighted by atomic mass is 79.9. The molecule has 1 N–H and O–H groups in total. The molecule has 2 aromatic carbocycles. The third-order valence-electron chi connectivity index (χ3n) is 2.50. The number of benzene rings is 2. The highest BCUT2D eigenvalue weighted by molar-refractivity contribution is 9.10. The Hall–Kier alpha value is -0.990. The molecule has 0 unspecified atom stereocenters. The summed E-state index contributed by atoms with van der Waals surface area (Å²) in [6, 6.07) is 16.2. The summed E-state index contributed by atoms with van der Waals surface area (Å²) in [6.45, 7) is 0.875. The van der Waals surface area contributed by atoms with Crippen LogP contribution in [0.15, 0.2) is 53.0 Å². The van der Waals surface area contributed by atoms with Gasteiger partial charge in [0.2, 0.25) is 0 Å². The van der Waals surface area contributed by atoms with Crippen LogP contribution in [0.4, 0.5) is 5.69 Å². The lowest BCUT2D eigenvalue weighted by Crippen LogP contribution is -2.05. The smallest absolute Gasteiger partial charge is 0.0638 e. The molecule has 0 bridgehead atoms. The second-order valence-corrected chi connectivity index (χ2v) is 5.11. The van der Waals surface area contributed by atoms with Crippen molar-refractivity contribution in [3.05, 3.63) is 63.6 Å². The fraction of sp³-hybridized carbons (Fsp3) is 0.143. The Morgan fingerprint density at radius 3 is 2.59 bits per heavy atom. The van der Waals surface area contributed by atoms with Gasteiger partial charge >= 0.3 is 0 Å². The summed E-state index contributed by atoms with van der Waals surface area (Å²) in [5.74, 6) is 0. The molecule has 3 heteroatoms. The van der Waals surface area contributed by atoms with E-state index in [1.807, 2.05) is 24.3 Å². The Morgan fingerprint density at radius 1 is 1.06 bits per heavy atom. The van der Waals surface area contributed by atoms with E-state index in [4.69, 9.17) is 11.6 Å². The van der Waals surface area contributed by atoms with Crippen LogP contribution >= 0.6 is 27.5 Å². The van der Waals surface area contributed by atoms with Crippen LogP contribution in [-0.2, 0) is 6.42 Å². The standard InChI is InChI=1S/C14H13BrClN/c15-12-6-7-13(16)14(10-12)17-9-8-11-4-2-1-3-5-11/h1-7,10,17H,8-9H2. The van der Waals surface area contributed by atoms with Crippen molar-refractivity contribution in [2.45, 2.75) is 6.42 Å². The molecule has 0 saturated carbocycles. The van der Waals surface area contributed by atoms with Gasteiger partial charge < -0.3 is 5.32 Å². The molecule has 88 valence electrons. The molecule has 0 aliphatic carbocycles. The minimum absolute atomic E-state index is 0.751. The Bertz CT molecular complexity index is 485. The maximum absolute atomic E-state index is 6.09. The molecular formula is C14H13BrClN. The first-order valence-corrected chi connectivity index (χ1v) is 6.65. The molecular weight excluding hydrogens is 298 g/mol. The number of anilines is 1. The van der Waals surface area contributed by atoms with Crippen LogP contribution in [0.2, 0.25) is 5.02 Å². The van der Waals surface area contributed by atoms with Crippen LogP contribution in [0.3, 0.4) is 0 Å². The molecule has 0 saturated heterocycles. The maximum atomic E-state index is 6.09. The first kappa shape index (κ1) is 12.5. The first-order valence-electron chi connectivity index (χ1n) is 5.48.